The van der Waals surface area contributed by atoms with Crippen molar-refractivity contribution >= 4 is 40.9 Å². The van der Waals surface area contributed by atoms with Crippen LogP contribution in [0.5, 0.6) is 0 Å². The number of piperidine rings is 1. The van der Waals surface area contributed by atoms with Gasteiger partial charge in [0, 0.05) is 37.6 Å². The maximum absolute atomic E-state index is 13.0. The van der Waals surface area contributed by atoms with Crippen molar-refractivity contribution in [3.8, 4) is 0 Å². The van der Waals surface area contributed by atoms with Gasteiger partial charge in [-0.3, -0.25) is 14.4 Å². The first kappa shape index (κ1) is 20.0. The van der Waals surface area contributed by atoms with E-state index < -0.39 is 6.04 Å². The SMILES string of the molecule is CC(=O)NC1CCN(C(=O)C2CCCN2C(=O)c2cc(Cl)ccc2Cl)CC1. The maximum atomic E-state index is 13.0. The number of carbonyl (C=O) groups is 3. The van der Waals surface area contributed by atoms with Gasteiger partial charge in [-0.05, 0) is 43.9 Å². The zero-order valence-electron chi connectivity index (χ0n) is 15.2. The summed E-state index contributed by atoms with van der Waals surface area (Å²) in [5.41, 5.74) is 0.327. The lowest BCUT2D eigenvalue weighted by molar-refractivity contribution is -0.136. The van der Waals surface area contributed by atoms with E-state index in [9.17, 15) is 14.4 Å². The van der Waals surface area contributed by atoms with Crippen molar-refractivity contribution in [1.29, 1.82) is 0 Å². The normalized spacial score (nSPS) is 20.6. The Hall–Kier alpha value is -1.79. The van der Waals surface area contributed by atoms with E-state index in [1.54, 1.807) is 28.0 Å². The van der Waals surface area contributed by atoms with E-state index in [4.69, 9.17) is 23.2 Å². The molecule has 2 heterocycles. The van der Waals surface area contributed by atoms with Gasteiger partial charge in [0.1, 0.15) is 6.04 Å². The van der Waals surface area contributed by atoms with Gasteiger partial charge < -0.3 is 15.1 Å². The minimum absolute atomic E-state index is 0.0275. The highest BCUT2D eigenvalue weighted by Crippen LogP contribution is 2.27. The van der Waals surface area contributed by atoms with E-state index >= 15 is 0 Å². The summed E-state index contributed by atoms with van der Waals surface area (Å²) in [6.07, 6.45) is 2.88. The summed E-state index contributed by atoms with van der Waals surface area (Å²) in [4.78, 5) is 40.6. The molecule has 0 bridgehead atoms. The third kappa shape index (κ3) is 4.55. The minimum Gasteiger partial charge on any atom is -0.353 e. The molecule has 27 heavy (non-hydrogen) atoms. The van der Waals surface area contributed by atoms with Crippen molar-refractivity contribution in [1.82, 2.24) is 15.1 Å². The van der Waals surface area contributed by atoms with Gasteiger partial charge in [-0.15, -0.1) is 0 Å². The molecule has 0 radical (unpaired) electrons. The predicted molar refractivity (Wildman–Crippen MR) is 104 cm³/mol. The Morgan fingerprint density at radius 3 is 2.44 bits per heavy atom. The van der Waals surface area contributed by atoms with Crippen molar-refractivity contribution < 1.29 is 14.4 Å². The van der Waals surface area contributed by atoms with Crippen molar-refractivity contribution in [3.05, 3.63) is 33.8 Å². The average Bonchev–Trinajstić information content (AvgIpc) is 3.12. The second-order valence-corrected chi connectivity index (χ2v) is 7.92. The van der Waals surface area contributed by atoms with Crippen LogP contribution >= 0.6 is 23.2 Å². The number of amides is 3. The van der Waals surface area contributed by atoms with Crippen molar-refractivity contribution in [2.45, 2.75) is 44.7 Å². The highest BCUT2D eigenvalue weighted by molar-refractivity contribution is 6.35. The van der Waals surface area contributed by atoms with Crippen LogP contribution in [0.25, 0.3) is 0 Å². The Kier molecular flexibility index (Phi) is 6.27. The van der Waals surface area contributed by atoms with E-state index in [1.807, 2.05) is 0 Å². The monoisotopic (exact) mass is 411 g/mol. The zero-order valence-corrected chi connectivity index (χ0v) is 16.7. The van der Waals surface area contributed by atoms with Crippen LogP contribution in [-0.2, 0) is 9.59 Å². The average molecular weight is 412 g/mol. The number of rotatable bonds is 3. The molecular formula is C19H23Cl2N3O3. The Morgan fingerprint density at radius 1 is 1.07 bits per heavy atom. The second kappa shape index (κ2) is 8.48. The molecule has 1 unspecified atom stereocenters. The van der Waals surface area contributed by atoms with Crippen LogP contribution in [-0.4, -0.2) is 59.2 Å². The second-order valence-electron chi connectivity index (χ2n) is 7.08. The smallest absolute Gasteiger partial charge is 0.256 e. The summed E-state index contributed by atoms with van der Waals surface area (Å²) in [5.74, 6) is -0.336. The molecule has 146 valence electrons. The van der Waals surface area contributed by atoms with Gasteiger partial charge in [-0.2, -0.15) is 0 Å². The number of hydrogen-bond donors (Lipinski definition) is 1. The number of likely N-dealkylation sites (tertiary alicyclic amines) is 2. The van der Waals surface area contributed by atoms with Crippen LogP contribution in [0.4, 0.5) is 0 Å². The van der Waals surface area contributed by atoms with E-state index in [1.165, 1.54) is 6.92 Å². The number of hydrogen-bond acceptors (Lipinski definition) is 3. The number of halogens is 2. The van der Waals surface area contributed by atoms with Crippen molar-refractivity contribution in [2.75, 3.05) is 19.6 Å². The molecule has 2 fully saturated rings. The van der Waals surface area contributed by atoms with Gasteiger partial charge in [0.15, 0.2) is 0 Å². The van der Waals surface area contributed by atoms with E-state index in [0.717, 1.165) is 19.3 Å². The summed E-state index contributed by atoms with van der Waals surface area (Å²) >= 11 is 12.2. The van der Waals surface area contributed by atoms with Crippen LogP contribution in [0.3, 0.4) is 0 Å². The largest absolute Gasteiger partial charge is 0.353 e. The summed E-state index contributed by atoms with van der Waals surface area (Å²) in [6, 6.07) is 4.41. The van der Waals surface area contributed by atoms with Crippen LogP contribution in [0.2, 0.25) is 10.0 Å². The van der Waals surface area contributed by atoms with Crippen molar-refractivity contribution in [2.24, 2.45) is 0 Å². The Labute approximate surface area is 168 Å². The number of carbonyl (C=O) groups excluding carboxylic acids is 3. The summed E-state index contributed by atoms with van der Waals surface area (Å²) in [6.45, 7) is 3.20. The van der Waals surface area contributed by atoms with E-state index in [-0.39, 0.29) is 23.8 Å². The lowest BCUT2D eigenvalue weighted by Crippen LogP contribution is -2.52. The molecule has 0 saturated carbocycles. The fourth-order valence-electron chi connectivity index (χ4n) is 3.83. The lowest BCUT2D eigenvalue weighted by atomic mass is 10.0. The number of benzene rings is 1. The third-order valence-corrected chi connectivity index (χ3v) is 5.74. The molecule has 6 nitrogen and oxygen atoms in total. The molecule has 2 saturated heterocycles. The van der Waals surface area contributed by atoms with Gasteiger partial charge >= 0.3 is 0 Å². The highest BCUT2D eigenvalue weighted by Gasteiger charge is 2.38. The molecular weight excluding hydrogens is 389 g/mol. The summed E-state index contributed by atoms with van der Waals surface area (Å²) in [7, 11) is 0. The van der Waals surface area contributed by atoms with Crippen LogP contribution < -0.4 is 5.32 Å². The summed E-state index contributed by atoms with van der Waals surface area (Å²) < 4.78 is 0. The van der Waals surface area contributed by atoms with Gasteiger partial charge in [0.2, 0.25) is 11.8 Å². The fraction of sp³-hybridized carbons (Fsp3) is 0.526. The zero-order chi connectivity index (χ0) is 19.6. The predicted octanol–water partition coefficient (Wildman–Crippen LogP) is 2.73. The molecule has 3 rings (SSSR count). The van der Waals surface area contributed by atoms with E-state index in [2.05, 4.69) is 5.32 Å². The fourth-order valence-corrected chi connectivity index (χ4v) is 4.20. The molecule has 1 atom stereocenters. The molecule has 3 amide bonds. The minimum atomic E-state index is -0.468. The molecule has 0 aromatic heterocycles. The third-order valence-electron chi connectivity index (χ3n) is 5.17. The Morgan fingerprint density at radius 2 is 1.78 bits per heavy atom. The van der Waals surface area contributed by atoms with Gasteiger partial charge in [0.25, 0.3) is 5.91 Å². The standard InChI is InChI=1S/C19H23Cl2N3O3/c1-12(25)22-14-6-9-23(10-7-14)19(27)17-3-2-8-24(17)18(26)15-11-13(20)4-5-16(15)21/h4-5,11,14,17H,2-3,6-10H2,1H3,(H,22,25). The van der Waals surface area contributed by atoms with Crippen LogP contribution in [0.15, 0.2) is 18.2 Å². The quantitative estimate of drug-likeness (QED) is 0.830. The van der Waals surface area contributed by atoms with Crippen LogP contribution in [0, 0.1) is 0 Å². The van der Waals surface area contributed by atoms with Crippen molar-refractivity contribution in [3.63, 3.8) is 0 Å². The lowest BCUT2D eigenvalue weighted by Gasteiger charge is -2.35. The molecule has 0 spiro atoms. The molecule has 1 N–H and O–H groups in total. The van der Waals surface area contributed by atoms with Gasteiger partial charge in [-0.1, -0.05) is 23.2 Å². The maximum Gasteiger partial charge on any atom is 0.256 e. The molecule has 1 aromatic rings. The number of nitrogens with one attached hydrogen (secondary N) is 1. The summed E-state index contributed by atoms with van der Waals surface area (Å²) in [5, 5.41) is 3.67. The first-order chi connectivity index (χ1) is 12.9. The Bertz CT molecular complexity index is 748. The topological polar surface area (TPSA) is 69.7 Å². The highest BCUT2D eigenvalue weighted by atomic mass is 35.5. The number of nitrogens with zero attached hydrogens (tertiary/aromatic N) is 2. The first-order valence-corrected chi connectivity index (χ1v) is 9.94. The van der Waals surface area contributed by atoms with Gasteiger partial charge in [-0.25, -0.2) is 0 Å². The molecule has 2 aliphatic rings. The Balaban J connectivity index is 1.67. The molecule has 1 aromatic carbocycles. The molecule has 2 aliphatic heterocycles. The van der Waals surface area contributed by atoms with Gasteiger partial charge in [0.05, 0.1) is 10.6 Å². The molecule has 0 aliphatic carbocycles. The first-order valence-electron chi connectivity index (χ1n) is 9.18. The molecule has 8 heteroatoms. The van der Waals surface area contributed by atoms with Crippen LogP contribution in [0.1, 0.15) is 43.0 Å². The van der Waals surface area contributed by atoms with E-state index in [0.29, 0.717) is 41.7 Å².